The molecule has 0 aromatic rings. The first kappa shape index (κ1) is 12.3. The van der Waals surface area contributed by atoms with Crippen molar-refractivity contribution in [1.29, 1.82) is 0 Å². The molecule has 0 spiro atoms. The maximum Gasteiger partial charge on any atom is 0.0593 e. The van der Waals surface area contributed by atoms with Crippen LogP contribution in [0.2, 0.25) is 0 Å². The Morgan fingerprint density at radius 3 is 2.93 bits per heavy atom. The van der Waals surface area contributed by atoms with E-state index >= 15 is 0 Å². The van der Waals surface area contributed by atoms with Crippen molar-refractivity contribution in [2.75, 3.05) is 38.7 Å². The highest BCUT2D eigenvalue weighted by Gasteiger charge is 2.20. The van der Waals surface area contributed by atoms with Crippen LogP contribution in [0.4, 0.5) is 0 Å². The molecular formula is C10H21NO2S. The Labute approximate surface area is 91.8 Å². The largest absolute Gasteiger partial charge is 0.395 e. The summed E-state index contributed by atoms with van der Waals surface area (Å²) in [6, 6.07) is 0.364. The molecule has 1 atom stereocenters. The fourth-order valence-electron chi connectivity index (χ4n) is 1.91. The van der Waals surface area contributed by atoms with Crippen LogP contribution in [0.5, 0.6) is 0 Å². The summed E-state index contributed by atoms with van der Waals surface area (Å²) in [5, 5.41) is 9.17. The number of piperidine rings is 1. The van der Waals surface area contributed by atoms with Crippen LogP contribution in [0.25, 0.3) is 0 Å². The molecular weight excluding hydrogens is 198 g/mol. The monoisotopic (exact) mass is 219 g/mol. The normalized spacial score (nSPS) is 24.0. The van der Waals surface area contributed by atoms with Crippen LogP contribution in [0.1, 0.15) is 19.3 Å². The zero-order chi connectivity index (χ0) is 10.2. The van der Waals surface area contributed by atoms with Crippen molar-refractivity contribution < 1.29 is 9.84 Å². The number of hydrogen-bond acceptors (Lipinski definition) is 4. The van der Waals surface area contributed by atoms with Gasteiger partial charge in [-0.25, -0.2) is 0 Å². The molecule has 84 valence electrons. The first-order valence-electron chi connectivity index (χ1n) is 5.42. The number of rotatable bonds is 6. The lowest BCUT2D eigenvalue weighted by Crippen LogP contribution is -2.43. The molecule has 4 heteroatoms. The predicted molar refractivity (Wildman–Crippen MR) is 61.0 cm³/mol. The maximum atomic E-state index is 9.17. The molecule has 0 aromatic carbocycles. The van der Waals surface area contributed by atoms with Crippen molar-refractivity contribution in [2.24, 2.45) is 0 Å². The van der Waals surface area contributed by atoms with Crippen molar-refractivity contribution in [3.63, 3.8) is 0 Å². The van der Waals surface area contributed by atoms with E-state index in [1.54, 1.807) is 0 Å². The van der Waals surface area contributed by atoms with Crippen molar-refractivity contribution >= 4 is 12.6 Å². The summed E-state index contributed by atoms with van der Waals surface area (Å²) in [5.41, 5.74) is 0. The molecule has 0 amide bonds. The average molecular weight is 219 g/mol. The topological polar surface area (TPSA) is 32.7 Å². The van der Waals surface area contributed by atoms with Crippen molar-refractivity contribution in [2.45, 2.75) is 25.3 Å². The molecule has 1 saturated heterocycles. The van der Waals surface area contributed by atoms with E-state index in [4.69, 9.17) is 9.84 Å². The third-order valence-corrected chi connectivity index (χ3v) is 2.90. The minimum Gasteiger partial charge on any atom is -0.395 e. The van der Waals surface area contributed by atoms with Crippen LogP contribution < -0.4 is 0 Å². The molecule has 1 unspecified atom stereocenters. The Morgan fingerprint density at radius 1 is 1.36 bits per heavy atom. The third-order valence-electron chi connectivity index (χ3n) is 2.72. The van der Waals surface area contributed by atoms with Gasteiger partial charge in [0.1, 0.15) is 0 Å². The number of aliphatic hydroxyl groups is 1. The smallest absolute Gasteiger partial charge is 0.0593 e. The van der Waals surface area contributed by atoms with Gasteiger partial charge in [-0.05, 0) is 19.4 Å². The number of hydrogen-bond donors (Lipinski definition) is 2. The summed E-state index contributed by atoms with van der Waals surface area (Å²) in [6.45, 7) is 3.82. The van der Waals surface area contributed by atoms with E-state index in [2.05, 4.69) is 17.5 Å². The first-order valence-corrected chi connectivity index (χ1v) is 6.05. The molecule has 0 aromatic heterocycles. The minimum absolute atomic E-state index is 0.284. The van der Waals surface area contributed by atoms with E-state index in [9.17, 15) is 0 Å². The molecule has 0 bridgehead atoms. The summed E-state index contributed by atoms with van der Waals surface area (Å²) in [4.78, 5) is 2.34. The SMILES string of the molecule is OCC1CCCCN1CCOCCS. The summed E-state index contributed by atoms with van der Waals surface area (Å²) < 4.78 is 5.38. The maximum absolute atomic E-state index is 9.17. The lowest BCUT2D eigenvalue weighted by molar-refractivity contribution is 0.0532. The highest BCUT2D eigenvalue weighted by atomic mass is 32.1. The van der Waals surface area contributed by atoms with Crippen LogP contribution in [0.15, 0.2) is 0 Å². The molecule has 1 heterocycles. The fourth-order valence-corrected chi connectivity index (χ4v) is 2.04. The number of nitrogens with zero attached hydrogens (tertiary/aromatic N) is 1. The summed E-state index contributed by atoms with van der Waals surface area (Å²) in [6.07, 6.45) is 3.63. The molecule has 3 nitrogen and oxygen atoms in total. The van der Waals surface area contributed by atoms with Gasteiger partial charge in [-0.2, -0.15) is 12.6 Å². The van der Waals surface area contributed by atoms with Crippen molar-refractivity contribution in [1.82, 2.24) is 4.90 Å². The predicted octanol–water partition coefficient (Wildman–Crippen LogP) is 0.780. The Hall–Kier alpha value is 0.230. The quantitative estimate of drug-likeness (QED) is 0.511. The van der Waals surface area contributed by atoms with Gasteiger partial charge in [-0.1, -0.05) is 6.42 Å². The molecule has 14 heavy (non-hydrogen) atoms. The molecule has 0 saturated carbocycles. The van der Waals surface area contributed by atoms with Gasteiger partial charge in [0.05, 0.1) is 19.8 Å². The van der Waals surface area contributed by atoms with Crippen molar-refractivity contribution in [3.8, 4) is 0 Å². The van der Waals surface area contributed by atoms with Crippen LogP contribution in [0.3, 0.4) is 0 Å². The van der Waals surface area contributed by atoms with E-state index in [0.29, 0.717) is 6.04 Å². The molecule has 0 radical (unpaired) electrons. The van der Waals surface area contributed by atoms with Gasteiger partial charge in [0.25, 0.3) is 0 Å². The van der Waals surface area contributed by atoms with Gasteiger partial charge in [-0.3, -0.25) is 4.90 Å². The Bertz CT molecular complexity index is 146. The standard InChI is InChI=1S/C10H21NO2S/c12-9-10-3-1-2-4-11(10)5-6-13-7-8-14/h10,12,14H,1-9H2. The number of aliphatic hydroxyl groups excluding tert-OH is 1. The van der Waals surface area contributed by atoms with E-state index in [1.165, 1.54) is 12.8 Å². The highest BCUT2D eigenvalue weighted by Crippen LogP contribution is 2.15. The second-order valence-electron chi connectivity index (χ2n) is 3.70. The van der Waals surface area contributed by atoms with E-state index < -0.39 is 0 Å². The molecule has 1 aliphatic heterocycles. The van der Waals surface area contributed by atoms with E-state index in [0.717, 1.165) is 38.5 Å². The van der Waals surface area contributed by atoms with Crippen molar-refractivity contribution in [3.05, 3.63) is 0 Å². The zero-order valence-electron chi connectivity index (χ0n) is 8.69. The summed E-state index contributed by atoms with van der Waals surface area (Å²) in [5.74, 6) is 0.781. The van der Waals surface area contributed by atoms with Gasteiger partial charge >= 0.3 is 0 Å². The fraction of sp³-hybridized carbons (Fsp3) is 1.00. The lowest BCUT2D eigenvalue weighted by atomic mass is 10.0. The number of ether oxygens (including phenoxy) is 1. The number of likely N-dealkylation sites (tertiary alicyclic amines) is 1. The average Bonchev–Trinajstić information content (AvgIpc) is 2.25. The molecule has 1 aliphatic rings. The summed E-state index contributed by atoms with van der Waals surface area (Å²) in [7, 11) is 0. The molecule has 1 fully saturated rings. The van der Waals surface area contributed by atoms with E-state index in [1.807, 2.05) is 0 Å². The number of thiol groups is 1. The Balaban J connectivity index is 2.13. The second kappa shape index (κ2) is 7.51. The Morgan fingerprint density at radius 2 is 2.21 bits per heavy atom. The van der Waals surface area contributed by atoms with E-state index in [-0.39, 0.29) is 6.61 Å². The van der Waals surface area contributed by atoms with Gasteiger partial charge in [0.15, 0.2) is 0 Å². The van der Waals surface area contributed by atoms with Crippen LogP contribution in [-0.2, 0) is 4.74 Å². The molecule has 0 aliphatic carbocycles. The first-order chi connectivity index (χ1) is 6.88. The third kappa shape index (κ3) is 4.17. The van der Waals surface area contributed by atoms with Gasteiger partial charge in [0, 0.05) is 18.3 Å². The van der Waals surface area contributed by atoms with Gasteiger partial charge in [-0.15, -0.1) is 0 Å². The van der Waals surface area contributed by atoms with Crippen LogP contribution >= 0.6 is 12.6 Å². The lowest BCUT2D eigenvalue weighted by Gasteiger charge is -2.34. The van der Waals surface area contributed by atoms with Gasteiger partial charge in [0.2, 0.25) is 0 Å². The molecule has 1 N–H and O–H groups in total. The van der Waals surface area contributed by atoms with Gasteiger partial charge < -0.3 is 9.84 Å². The summed E-state index contributed by atoms with van der Waals surface area (Å²) >= 11 is 4.08. The minimum atomic E-state index is 0.284. The van der Waals surface area contributed by atoms with Crippen LogP contribution in [0, 0.1) is 0 Å². The zero-order valence-corrected chi connectivity index (χ0v) is 9.59. The highest BCUT2D eigenvalue weighted by molar-refractivity contribution is 7.80. The second-order valence-corrected chi connectivity index (χ2v) is 4.15. The Kier molecular flexibility index (Phi) is 6.60. The van der Waals surface area contributed by atoms with Crippen LogP contribution in [-0.4, -0.2) is 54.7 Å². The molecule has 1 rings (SSSR count).